The van der Waals surface area contributed by atoms with Crippen molar-refractivity contribution in [3.8, 4) is 11.5 Å². The number of hydrogen-bond donors (Lipinski definition) is 1. The first-order valence-electron chi connectivity index (χ1n) is 16.4. The largest absolute Gasteiger partial charge is 0.508 e. The van der Waals surface area contributed by atoms with Gasteiger partial charge in [-0.1, -0.05) is 70.6 Å². The second-order valence-electron chi connectivity index (χ2n) is 14.4. The lowest BCUT2D eigenvalue weighted by Gasteiger charge is -2.49. The molecule has 0 amide bonds. The molecule has 0 bridgehead atoms. The van der Waals surface area contributed by atoms with E-state index in [0.29, 0.717) is 17.6 Å². The summed E-state index contributed by atoms with van der Waals surface area (Å²) in [5.74, 6) is 2.34. The Balaban J connectivity index is 1.30. The van der Waals surface area contributed by atoms with Gasteiger partial charge in [-0.3, -0.25) is 4.90 Å². The molecule has 0 aromatic heterocycles. The van der Waals surface area contributed by atoms with Crippen molar-refractivity contribution in [1.29, 1.82) is 0 Å². The van der Waals surface area contributed by atoms with Gasteiger partial charge in [-0.05, 0) is 108 Å². The van der Waals surface area contributed by atoms with Gasteiger partial charge in [0.1, 0.15) is 17.1 Å². The molecule has 0 radical (unpaired) electrons. The number of phenols is 1. The fourth-order valence-corrected chi connectivity index (χ4v) is 8.31. The maximum absolute atomic E-state index is 11.2. The van der Waals surface area contributed by atoms with Crippen LogP contribution in [0.3, 0.4) is 0 Å². The number of allylic oxidation sites excluding steroid dienone is 1. The molecule has 2 atom stereocenters. The summed E-state index contributed by atoms with van der Waals surface area (Å²) in [5.41, 5.74) is 3.64. The van der Waals surface area contributed by atoms with Gasteiger partial charge in [0.25, 0.3) is 0 Å². The van der Waals surface area contributed by atoms with Crippen LogP contribution in [0.2, 0.25) is 0 Å². The molecule has 3 aliphatic heterocycles. The van der Waals surface area contributed by atoms with Gasteiger partial charge in [0.15, 0.2) is 0 Å². The molecule has 4 heteroatoms. The molecule has 2 saturated heterocycles. The maximum Gasteiger partial charge on any atom is 0.131 e. The van der Waals surface area contributed by atoms with E-state index < -0.39 is 0 Å². The van der Waals surface area contributed by atoms with Gasteiger partial charge in [0, 0.05) is 24.1 Å². The highest BCUT2D eigenvalue weighted by Gasteiger charge is 2.47. The number of likely N-dealkylation sites (tertiary alicyclic amines) is 2. The standard InChI is InChI=1S/C35H56N2O2/c1-6-7-8-10-19-34(2,3)32-31(38)16-14-28-29-24-26(13-15-30(29)35(4,5)39-33(28)32)25-36-22-17-27(18-23-36)37-20-11-9-12-21-37/h13-14,16,27,29-30,38H,6-12,15,17-25H2,1-5H3. The lowest BCUT2D eigenvalue weighted by atomic mass is 9.65. The molecule has 0 spiro atoms. The van der Waals surface area contributed by atoms with Gasteiger partial charge in [-0.15, -0.1) is 0 Å². The minimum atomic E-state index is -0.243. The van der Waals surface area contributed by atoms with Crippen LogP contribution in [0.25, 0.3) is 0 Å². The van der Waals surface area contributed by atoms with E-state index in [1.807, 2.05) is 6.07 Å². The monoisotopic (exact) mass is 536 g/mol. The van der Waals surface area contributed by atoms with E-state index in [1.165, 1.54) is 89.5 Å². The molecular formula is C35H56N2O2. The van der Waals surface area contributed by atoms with Crippen LogP contribution in [0.5, 0.6) is 11.5 Å². The first kappa shape index (κ1) is 29.0. The van der Waals surface area contributed by atoms with Gasteiger partial charge < -0.3 is 14.7 Å². The van der Waals surface area contributed by atoms with Crippen LogP contribution in [0.1, 0.15) is 129 Å². The van der Waals surface area contributed by atoms with E-state index in [1.54, 1.807) is 5.57 Å². The highest BCUT2D eigenvalue weighted by Crippen LogP contribution is 2.56. The van der Waals surface area contributed by atoms with Crippen molar-refractivity contribution in [1.82, 2.24) is 9.80 Å². The maximum atomic E-state index is 11.2. The first-order chi connectivity index (χ1) is 18.7. The highest BCUT2D eigenvalue weighted by atomic mass is 16.5. The number of piperidine rings is 2. The average molecular weight is 537 g/mol. The van der Waals surface area contributed by atoms with Crippen molar-refractivity contribution in [2.45, 2.75) is 135 Å². The van der Waals surface area contributed by atoms with Crippen LogP contribution in [0, 0.1) is 5.92 Å². The number of phenolic OH excluding ortho intramolecular Hbond substituents is 1. The molecule has 3 heterocycles. The minimum Gasteiger partial charge on any atom is -0.508 e. The molecule has 4 aliphatic rings. The Morgan fingerprint density at radius 3 is 2.46 bits per heavy atom. The Bertz CT molecular complexity index is 998. The molecule has 1 aliphatic carbocycles. The van der Waals surface area contributed by atoms with E-state index in [4.69, 9.17) is 4.74 Å². The van der Waals surface area contributed by atoms with Crippen molar-refractivity contribution in [2.24, 2.45) is 5.92 Å². The van der Waals surface area contributed by atoms with Gasteiger partial charge in [-0.2, -0.15) is 0 Å². The van der Waals surface area contributed by atoms with Gasteiger partial charge in [0.05, 0.1) is 0 Å². The minimum absolute atomic E-state index is 0.113. The van der Waals surface area contributed by atoms with E-state index in [0.717, 1.165) is 43.2 Å². The van der Waals surface area contributed by atoms with E-state index in [2.05, 4.69) is 56.6 Å². The van der Waals surface area contributed by atoms with Crippen molar-refractivity contribution >= 4 is 0 Å². The van der Waals surface area contributed by atoms with Gasteiger partial charge in [0.2, 0.25) is 0 Å². The van der Waals surface area contributed by atoms with E-state index >= 15 is 0 Å². The van der Waals surface area contributed by atoms with E-state index in [-0.39, 0.29) is 11.0 Å². The van der Waals surface area contributed by atoms with Crippen molar-refractivity contribution in [2.75, 3.05) is 32.7 Å². The lowest BCUT2D eigenvalue weighted by molar-refractivity contribution is 0.00551. The molecule has 2 fully saturated rings. The fourth-order valence-electron chi connectivity index (χ4n) is 8.31. The van der Waals surface area contributed by atoms with Crippen molar-refractivity contribution < 1.29 is 9.84 Å². The number of ether oxygens (including phenoxy) is 1. The summed E-state index contributed by atoms with van der Waals surface area (Å²) in [4.78, 5) is 5.50. The fraction of sp³-hybridized carbons (Fsp3) is 0.771. The SMILES string of the molecule is CCCCCCC(C)(C)c1c(O)ccc2c1OC(C)(C)C1CC=C(CN3CCC(N4CCCCC4)CC3)CC21. The molecule has 2 unspecified atom stereocenters. The lowest BCUT2D eigenvalue weighted by Crippen LogP contribution is -2.48. The summed E-state index contributed by atoms with van der Waals surface area (Å²) >= 11 is 0. The number of unbranched alkanes of at least 4 members (excludes halogenated alkanes) is 3. The van der Waals surface area contributed by atoms with Crippen molar-refractivity contribution in [3.63, 3.8) is 0 Å². The molecule has 39 heavy (non-hydrogen) atoms. The Kier molecular flexibility index (Phi) is 9.03. The molecule has 4 nitrogen and oxygen atoms in total. The summed E-state index contributed by atoms with van der Waals surface area (Å²) in [6.45, 7) is 17.7. The quantitative estimate of drug-likeness (QED) is 0.255. The Labute approximate surface area is 239 Å². The molecule has 218 valence electrons. The number of rotatable bonds is 9. The number of hydrogen-bond acceptors (Lipinski definition) is 4. The summed E-state index contributed by atoms with van der Waals surface area (Å²) in [6, 6.07) is 4.96. The second-order valence-corrected chi connectivity index (χ2v) is 14.4. The number of fused-ring (bicyclic) bond motifs is 3. The predicted molar refractivity (Wildman–Crippen MR) is 163 cm³/mol. The Hall–Kier alpha value is -1.52. The zero-order chi connectivity index (χ0) is 27.6. The second kappa shape index (κ2) is 12.1. The summed E-state index contributed by atoms with van der Waals surface area (Å²) in [7, 11) is 0. The highest BCUT2D eigenvalue weighted by molar-refractivity contribution is 5.56. The third-order valence-corrected chi connectivity index (χ3v) is 10.7. The Morgan fingerprint density at radius 1 is 1.00 bits per heavy atom. The van der Waals surface area contributed by atoms with E-state index in [9.17, 15) is 5.11 Å². The van der Waals surface area contributed by atoms with Crippen LogP contribution >= 0.6 is 0 Å². The average Bonchev–Trinajstić information content (AvgIpc) is 2.91. The van der Waals surface area contributed by atoms with Crippen LogP contribution < -0.4 is 4.74 Å². The van der Waals surface area contributed by atoms with Crippen LogP contribution in [0.4, 0.5) is 0 Å². The first-order valence-corrected chi connectivity index (χ1v) is 16.4. The summed E-state index contributed by atoms with van der Waals surface area (Å²) in [6.07, 6.45) is 17.7. The topological polar surface area (TPSA) is 35.9 Å². The van der Waals surface area contributed by atoms with Crippen LogP contribution in [-0.2, 0) is 5.41 Å². The zero-order valence-corrected chi connectivity index (χ0v) is 25.7. The number of aromatic hydroxyl groups is 1. The van der Waals surface area contributed by atoms with Crippen LogP contribution in [0.15, 0.2) is 23.8 Å². The molecule has 5 rings (SSSR count). The third-order valence-electron chi connectivity index (χ3n) is 10.7. The molecule has 1 aromatic rings. The Morgan fingerprint density at radius 2 is 1.74 bits per heavy atom. The number of benzene rings is 1. The summed E-state index contributed by atoms with van der Waals surface area (Å²) in [5, 5.41) is 11.2. The molecule has 0 saturated carbocycles. The predicted octanol–water partition coefficient (Wildman–Crippen LogP) is 8.18. The normalized spacial score (nSPS) is 26.4. The van der Waals surface area contributed by atoms with Gasteiger partial charge >= 0.3 is 0 Å². The smallest absolute Gasteiger partial charge is 0.131 e. The summed E-state index contributed by atoms with van der Waals surface area (Å²) < 4.78 is 6.86. The molecule has 1 N–H and O–H groups in total. The van der Waals surface area contributed by atoms with Gasteiger partial charge in [-0.25, -0.2) is 0 Å². The molecule has 1 aromatic carbocycles. The zero-order valence-electron chi connectivity index (χ0n) is 25.7. The third kappa shape index (κ3) is 6.38. The number of nitrogens with zero attached hydrogens (tertiary/aromatic N) is 2. The molecular weight excluding hydrogens is 480 g/mol. The van der Waals surface area contributed by atoms with Crippen molar-refractivity contribution in [3.05, 3.63) is 34.9 Å². The van der Waals surface area contributed by atoms with Crippen LogP contribution in [-0.4, -0.2) is 59.3 Å².